The van der Waals surface area contributed by atoms with Gasteiger partial charge in [0.25, 0.3) is 0 Å². The Balaban J connectivity index is 2.09. The Morgan fingerprint density at radius 2 is 2.18 bits per heavy atom. The minimum atomic E-state index is -1.01. The van der Waals surface area contributed by atoms with Crippen LogP contribution in [0.15, 0.2) is 24.3 Å². The zero-order chi connectivity index (χ0) is 12.4. The number of hydrogen-bond donors (Lipinski definition) is 1. The summed E-state index contributed by atoms with van der Waals surface area (Å²) in [6.45, 7) is 3.03. The molecule has 1 saturated heterocycles. The van der Waals surface area contributed by atoms with Crippen LogP contribution in [0.2, 0.25) is 0 Å². The third-order valence-electron chi connectivity index (χ3n) is 3.22. The Morgan fingerprint density at radius 3 is 2.76 bits per heavy atom. The van der Waals surface area contributed by atoms with Gasteiger partial charge in [-0.25, -0.2) is 0 Å². The number of carboxylic acids is 1. The number of likely N-dealkylation sites (tertiary alicyclic amines) is 1. The maximum atomic E-state index is 11.8. The van der Waals surface area contributed by atoms with E-state index in [0.717, 1.165) is 11.1 Å². The van der Waals surface area contributed by atoms with E-state index < -0.39 is 11.9 Å². The lowest BCUT2D eigenvalue weighted by Crippen LogP contribution is -2.30. The third kappa shape index (κ3) is 2.30. The number of carboxylic acid groups (broad SMARTS) is 1. The highest BCUT2D eigenvalue weighted by Crippen LogP contribution is 2.21. The Kier molecular flexibility index (Phi) is 3.13. The molecule has 1 unspecified atom stereocenters. The molecule has 1 aliphatic heterocycles. The Bertz CT molecular complexity index is 456. The van der Waals surface area contributed by atoms with Crippen molar-refractivity contribution >= 4 is 11.9 Å². The Labute approximate surface area is 99.9 Å². The van der Waals surface area contributed by atoms with E-state index in [9.17, 15) is 9.59 Å². The topological polar surface area (TPSA) is 57.6 Å². The van der Waals surface area contributed by atoms with Crippen LogP contribution in [0, 0.1) is 12.8 Å². The molecule has 4 heteroatoms. The molecule has 1 aromatic carbocycles. The van der Waals surface area contributed by atoms with Gasteiger partial charge in [-0.3, -0.25) is 9.59 Å². The smallest absolute Gasteiger partial charge is 0.316 e. The molecular formula is C13H15NO3. The van der Waals surface area contributed by atoms with Crippen LogP contribution >= 0.6 is 0 Å². The summed E-state index contributed by atoms with van der Waals surface area (Å²) in [6, 6.07) is 7.84. The van der Waals surface area contributed by atoms with Gasteiger partial charge in [0.2, 0.25) is 5.91 Å². The maximum absolute atomic E-state index is 11.8. The molecule has 0 aliphatic carbocycles. The summed E-state index contributed by atoms with van der Waals surface area (Å²) in [7, 11) is 0. The molecule has 0 saturated carbocycles. The zero-order valence-corrected chi connectivity index (χ0v) is 9.72. The number of aryl methyl sites for hydroxylation is 1. The summed E-state index contributed by atoms with van der Waals surface area (Å²) >= 11 is 0. The monoisotopic (exact) mass is 233 g/mol. The normalized spacial score (nSPS) is 19.7. The molecule has 1 atom stereocenters. The summed E-state index contributed by atoms with van der Waals surface area (Å²) in [5.41, 5.74) is 2.20. The quantitative estimate of drug-likeness (QED) is 0.803. The fraction of sp³-hybridized carbons (Fsp3) is 0.385. The van der Waals surface area contributed by atoms with Crippen molar-refractivity contribution in [2.24, 2.45) is 5.92 Å². The van der Waals surface area contributed by atoms with Gasteiger partial charge >= 0.3 is 5.97 Å². The number of nitrogens with zero attached hydrogens (tertiary/aromatic N) is 1. The van der Waals surface area contributed by atoms with Gasteiger partial charge in [-0.05, 0) is 24.5 Å². The second-order valence-corrected chi connectivity index (χ2v) is 4.37. The molecule has 1 amide bonds. The molecule has 17 heavy (non-hydrogen) atoms. The molecule has 0 radical (unpaired) electrons. The van der Waals surface area contributed by atoms with Crippen molar-refractivity contribution in [1.29, 1.82) is 0 Å². The molecule has 1 aliphatic rings. The number of carbonyl (C=O) groups is 2. The highest BCUT2D eigenvalue weighted by atomic mass is 16.4. The number of rotatable bonds is 3. The van der Waals surface area contributed by atoms with Gasteiger partial charge in [0.15, 0.2) is 0 Å². The van der Waals surface area contributed by atoms with Gasteiger partial charge < -0.3 is 10.0 Å². The molecule has 1 heterocycles. The first-order valence-corrected chi connectivity index (χ1v) is 5.65. The molecule has 0 spiro atoms. The van der Waals surface area contributed by atoms with Crippen LogP contribution in [0.5, 0.6) is 0 Å². The Hall–Kier alpha value is -1.84. The zero-order valence-electron chi connectivity index (χ0n) is 9.72. The van der Waals surface area contributed by atoms with E-state index in [-0.39, 0.29) is 5.91 Å². The van der Waals surface area contributed by atoms with Crippen LogP contribution in [-0.2, 0) is 16.1 Å². The molecule has 1 aromatic rings. The van der Waals surface area contributed by atoms with Crippen molar-refractivity contribution in [2.75, 3.05) is 6.54 Å². The average molecular weight is 233 g/mol. The van der Waals surface area contributed by atoms with Gasteiger partial charge in [-0.1, -0.05) is 24.3 Å². The van der Waals surface area contributed by atoms with Gasteiger partial charge in [0.05, 0.1) is 0 Å². The Morgan fingerprint density at radius 1 is 1.47 bits per heavy atom. The van der Waals surface area contributed by atoms with Crippen molar-refractivity contribution in [1.82, 2.24) is 4.90 Å². The lowest BCUT2D eigenvalue weighted by Gasteiger charge is -2.17. The summed E-state index contributed by atoms with van der Waals surface area (Å²) in [5.74, 6) is -2.12. The lowest BCUT2D eigenvalue weighted by molar-refractivity contribution is -0.147. The van der Waals surface area contributed by atoms with Crippen LogP contribution < -0.4 is 0 Å². The van der Waals surface area contributed by atoms with E-state index in [1.807, 2.05) is 31.2 Å². The van der Waals surface area contributed by atoms with Crippen molar-refractivity contribution in [3.8, 4) is 0 Å². The standard InChI is InChI=1S/C13H15NO3/c1-9-4-2-3-5-10(9)8-14-7-6-11(12(14)15)13(16)17/h2-5,11H,6-8H2,1H3,(H,16,17). The summed E-state index contributed by atoms with van der Waals surface area (Å²) in [6.07, 6.45) is 0.417. The molecule has 4 nitrogen and oxygen atoms in total. The minimum Gasteiger partial charge on any atom is -0.481 e. The third-order valence-corrected chi connectivity index (χ3v) is 3.22. The molecule has 1 fully saturated rings. The number of aliphatic carboxylic acids is 1. The van der Waals surface area contributed by atoms with E-state index in [1.54, 1.807) is 4.90 Å². The first kappa shape index (κ1) is 11.6. The van der Waals surface area contributed by atoms with E-state index in [1.165, 1.54) is 0 Å². The number of hydrogen-bond acceptors (Lipinski definition) is 2. The molecular weight excluding hydrogens is 218 g/mol. The molecule has 0 aromatic heterocycles. The van der Waals surface area contributed by atoms with Gasteiger partial charge in [-0.2, -0.15) is 0 Å². The maximum Gasteiger partial charge on any atom is 0.316 e. The highest BCUT2D eigenvalue weighted by molar-refractivity contribution is 5.98. The second kappa shape index (κ2) is 4.57. The van der Waals surface area contributed by atoms with E-state index >= 15 is 0 Å². The van der Waals surface area contributed by atoms with Crippen molar-refractivity contribution < 1.29 is 14.7 Å². The van der Waals surface area contributed by atoms with Crippen LogP contribution in [-0.4, -0.2) is 28.4 Å². The first-order chi connectivity index (χ1) is 8.09. The molecule has 2 rings (SSSR count). The fourth-order valence-electron chi connectivity index (χ4n) is 2.12. The van der Waals surface area contributed by atoms with Crippen LogP contribution in [0.1, 0.15) is 17.5 Å². The van der Waals surface area contributed by atoms with Gasteiger partial charge in [0, 0.05) is 13.1 Å². The molecule has 0 bridgehead atoms. The highest BCUT2D eigenvalue weighted by Gasteiger charge is 2.36. The van der Waals surface area contributed by atoms with Crippen molar-refractivity contribution in [2.45, 2.75) is 19.9 Å². The van der Waals surface area contributed by atoms with E-state index in [0.29, 0.717) is 19.5 Å². The summed E-state index contributed by atoms with van der Waals surface area (Å²) in [5, 5.41) is 8.87. The van der Waals surface area contributed by atoms with E-state index in [4.69, 9.17) is 5.11 Å². The lowest BCUT2D eigenvalue weighted by atomic mass is 10.1. The van der Waals surface area contributed by atoms with Crippen LogP contribution in [0.4, 0.5) is 0 Å². The van der Waals surface area contributed by atoms with Crippen LogP contribution in [0.3, 0.4) is 0 Å². The number of carbonyl (C=O) groups excluding carboxylic acids is 1. The minimum absolute atomic E-state index is 0.263. The van der Waals surface area contributed by atoms with Gasteiger partial charge in [-0.15, -0.1) is 0 Å². The van der Waals surface area contributed by atoms with Crippen LogP contribution in [0.25, 0.3) is 0 Å². The van der Waals surface area contributed by atoms with Crippen molar-refractivity contribution in [3.63, 3.8) is 0 Å². The SMILES string of the molecule is Cc1ccccc1CN1CCC(C(=O)O)C1=O. The molecule has 1 N–H and O–H groups in total. The first-order valence-electron chi connectivity index (χ1n) is 5.65. The number of amides is 1. The number of benzene rings is 1. The van der Waals surface area contributed by atoms with Gasteiger partial charge in [0.1, 0.15) is 5.92 Å². The van der Waals surface area contributed by atoms with Crippen molar-refractivity contribution in [3.05, 3.63) is 35.4 Å². The summed E-state index contributed by atoms with van der Waals surface area (Å²) in [4.78, 5) is 24.3. The predicted octanol–water partition coefficient (Wildman–Crippen LogP) is 1.43. The largest absolute Gasteiger partial charge is 0.481 e. The fourth-order valence-corrected chi connectivity index (χ4v) is 2.12. The average Bonchev–Trinajstić information content (AvgIpc) is 2.64. The molecule has 90 valence electrons. The van der Waals surface area contributed by atoms with E-state index in [2.05, 4.69) is 0 Å². The summed E-state index contributed by atoms with van der Waals surface area (Å²) < 4.78 is 0. The predicted molar refractivity (Wildman–Crippen MR) is 62.3 cm³/mol. The second-order valence-electron chi connectivity index (χ2n) is 4.37.